The molecule has 1 rings (SSSR count). The van der Waals surface area contributed by atoms with E-state index in [4.69, 9.17) is 4.74 Å². The highest BCUT2D eigenvalue weighted by Gasteiger charge is 2.18. The summed E-state index contributed by atoms with van der Waals surface area (Å²) < 4.78 is 5.70. The molecule has 1 heterocycles. The zero-order chi connectivity index (χ0) is 15.0. The molecule has 20 heavy (non-hydrogen) atoms. The summed E-state index contributed by atoms with van der Waals surface area (Å²) in [6.45, 7) is 12.8. The Hall–Kier alpha value is -1.36. The van der Waals surface area contributed by atoms with Crippen LogP contribution < -0.4 is 10.6 Å². The van der Waals surface area contributed by atoms with E-state index in [1.54, 1.807) is 6.33 Å². The second kappa shape index (κ2) is 8.04. The summed E-state index contributed by atoms with van der Waals surface area (Å²) >= 11 is 0. The number of anilines is 2. The SMILES string of the molecule is CCCNc1ncnc(NCC(C)(C)OCC)c1CC. The molecule has 0 unspecified atom stereocenters. The number of ether oxygens (including phenoxy) is 1. The van der Waals surface area contributed by atoms with Gasteiger partial charge in [-0.3, -0.25) is 0 Å². The largest absolute Gasteiger partial charge is 0.374 e. The van der Waals surface area contributed by atoms with Crippen molar-refractivity contribution in [2.75, 3.05) is 30.3 Å². The van der Waals surface area contributed by atoms with Gasteiger partial charge < -0.3 is 15.4 Å². The molecule has 0 saturated heterocycles. The van der Waals surface area contributed by atoms with E-state index in [1.165, 1.54) is 0 Å². The monoisotopic (exact) mass is 280 g/mol. The molecule has 0 saturated carbocycles. The van der Waals surface area contributed by atoms with Crippen LogP contribution in [-0.4, -0.2) is 35.3 Å². The summed E-state index contributed by atoms with van der Waals surface area (Å²) in [5, 5.41) is 6.74. The quantitative estimate of drug-likeness (QED) is 0.728. The molecule has 0 amide bonds. The van der Waals surface area contributed by atoms with Crippen LogP contribution in [0.25, 0.3) is 0 Å². The summed E-state index contributed by atoms with van der Waals surface area (Å²) in [4.78, 5) is 8.70. The Bertz CT molecular complexity index is 407. The van der Waals surface area contributed by atoms with Gasteiger partial charge >= 0.3 is 0 Å². The smallest absolute Gasteiger partial charge is 0.134 e. The lowest BCUT2D eigenvalue weighted by Gasteiger charge is -2.26. The molecule has 114 valence electrons. The molecule has 0 fully saturated rings. The van der Waals surface area contributed by atoms with Gasteiger partial charge in [0.05, 0.1) is 5.60 Å². The summed E-state index contributed by atoms with van der Waals surface area (Å²) in [5.74, 6) is 1.83. The van der Waals surface area contributed by atoms with Gasteiger partial charge in [0.25, 0.3) is 0 Å². The van der Waals surface area contributed by atoms with Crippen LogP contribution in [0.1, 0.15) is 46.6 Å². The number of nitrogens with one attached hydrogen (secondary N) is 2. The Morgan fingerprint density at radius 1 is 1.10 bits per heavy atom. The highest BCUT2D eigenvalue weighted by atomic mass is 16.5. The van der Waals surface area contributed by atoms with Gasteiger partial charge in [-0.25, -0.2) is 9.97 Å². The van der Waals surface area contributed by atoms with Crippen molar-refractivity contribution in [3.05, 3.63) is 11.9 Å². The van der Waals surface area contributed by atoms with Gasteiger partial charge in [0, 0.05) is 25.3 Å². The number of aromatic nitrogens is 2. The lowest BCUT2D eigenvalue weighted by atomic mass is 10.1. The first-order valence-electron chi connectivity index (χ1n) is 7.49. The van der Waals surface area contributed by atoms with E-state index in [0.717, 1.165) is 43.1 Å². The third-order valence-electron chi connectivity index (χ3n) is 3.06. The average Bonchev–Trinajstić information content (AvgIpc) is 2.42. The normalized spacial score (nSPS) is 11.4. The Morgan fingerprint density at radius 3 is 2.30 bits per heavy atom. The average molecular weight is 280 g/mol. The van der Waals surface area contributed by atoms with E-state index in [1.807, 2.05) is 6.92 Å². The maximum atomic E-state index is 5.70. The van der Waals surface area contributed by atoms with Crippen molar-refractivity contribution < 1.29 is 4.74 Å². The molecule has 5 heteroatoms. The summed E-state index contributed by atoms with van der Waals surface area (Å²) in [7, 11) is 0. The lowest BCUT2D eigenvalue weighted by Crippen LogP contribution is -2.34. The van der Waals surface area contributed by atoms with Crippen LogP contribution in [-0.2, 0) is 11.2 Å². The van der Waals surface area contributed by atoms with Crippen LogP contribution in [0.4, 0.5) is 11.6 Å². The molecular formula is C15H28N4O. The predicted molar refractivity (Wildman–Crippen MR) is 84.4 cm³/mol. The molecule has 0 radical (unpaired) electrons. The van der Waals surface area contributed by atoms with Gasteiger partial charge in [-0.2, -0.15) is 0 Å². The highest BCUT2D eigenvalue weighted by molar-refractivity contribution is 5.57. The van der Waals surface area contributed by atoms with Crippen molar-refractivity contribution in [2.24, 2.45) is 0 Å². The van der Waals surface area contributed by atoms with Crippen LogP contribution in [0.2, 0.25) is 0 Å². The molecule has 0 aliphatic heterocycles. The minimum absolute atomic E-state index is 0.207. The Balaban J connectivity index is 2.79. The zero-order valence-electron chi connectivity index (χ0n) is 13.4. The lowest BCUT2D eigenvalue weighted by molar-refractivity contribution is 0.000631. The number of hydrogen-bond donors (Lipinski definition) is 2. The van der Waals surface area contributed by atoms with Gasteiger partial charge in [0.2, 0.25) is 0 Å². The third kappa shape index (κ3) is 4.96. The van der Waals surface area contributed by atoms with Crippen LogP contribution in [0.15, 0.2) is 6.33 Å². The number of hydrogen-bond acceptors (Lipinski definition) is 5. The molecule has 0 aromatic carbocycles. The standard InChI is InChI=1S/C15H28N4O/c1-6-9-16-13-12(7-2)14(19-11-18-13)17-10-15(4,5)20-8-3/h11H,6-10H2,1-5H3,(H2,16,17,18,19). The first-order chi connectivity index (χ1) is 9.54. The van der Waals surface area contributed by atoms with Crippen molar-refractivity contribution >= 4 is 11.6 Å². The minimum atomic E-state index is -0.207. The minimum Gasteiger partial charge on any atom is -0.374 e. The van der Waals surface area contributed by atoms with Crippen molar-refractivity contribution in [2.45, 2.75) is 53.1 Å². The van der Waals surface area contributed by atoms with Gasteiger partial charge in [0.15, 0.2) is 0 Å². The van der Waals surface area contributed by atoms with Crippen LogP contribution in [0, 0.1) is 0 Å². The molecular weight excluding hydrogens is 252 g/mol. The van der Waals surface area contributed by atoms with Crippen molar-refractivity contribution in [3.63, 3.8) is 0 Å². The fourth-order valence-electron chi connectivity index (χ4n) is 2.03. The molecule has 5 nitrogen and oxygen atoms in total. The van der Waals surface area contributed by atoms with E-state index in [9.17, 15) is 0 Å². The molecule has 0 aliphatic carbocycles. The number of nitrogens with zero attached hydrogens (tertiary/aromatic N) is 2. The fourth-order valence-corrected chi connectivity index (χ4v) is 2.03. The molecule has 2 N–H and O–H groups in total. The van der Waals surface area contributed by atoms with Crippen molar-refractivity contribution in [1.29, 1.82) is 0 Å². The Kier molecular flexibility index (Phi) is 6.71. The topological polar surface area (TPSA) is 59.1 Å². The zero-order valence-corrected chi connectivity index (χ0v) is 13.4. The van der Waals surface area contributed by atoms with Crippen molar-refractivity contribution in [3.8, 4) is 0 Å². The summed E-state index contributed by atoms with van der Waals surface area (Å²) in [6, 6.07) is 0. The molecule has 1 aromatic rings. The van der Waals surface area contributed by atoms with Crippen LogP contribution >= 0.6 is 0 Å². The van der Waals surface area contributed by atoms with Crippen LogP contribution in [0.3, 0.4) is 0 Å². The number of rotatable bonds is 9. The predicted octanol–water partition coefficient (Wildman–Crippen LogP) is 3.09. The van der Waals surface area contributed by atoms with Gasteiger partial charge in [0.1, 0.15) is 18.0 Å². The van der Waals surface area contributed by atoms with E-state index in [0.29, 0.717) is 6.61 Å². The highest BCUT2D eigenvalue weighted by Crippen LogP contribution is 2.21. The van der Waals surface area contributed by atoms with E-state index in [-0.39, 0.29) is 5.60 Å². The molecule has 0 atom stereocenters. The fraction of sp³-hybridized carbons (Fsp3) is 0.733. The summed E-state index contributed by atoms with van der Waals surface area (Å²) in [6.07, 6.45) is 3.57. The first kappa shape index (κ1) is 16.7. The Labute approximate surface area is 122 Å². The second-order valence-corrected chi connectivity index (χ2v) is 5.38. The van der Waals surface area contributed by atoms with Gasteiger partial charge in [-0.1, -0.05) is 13.8 Å². The summed E-state index contributed by atoms with van der Waals surface area (Å²) in [5.41, 5.74) is 0.926. The molecule has 0 spiro atoms. The molecule has 0 aliphatic rings. The second-order valence-electron chi connectivity index (χ2n) is 5.38. The Morgan fingerprint density at radius 2 is 1.75 bits per heavy atom. The third-order valence-corrected chi connectivity index (χ3v) is 3.06. The van der Waals surface area contributed by atoms with Gasteiger partial charge in [-0.05, 0) is 33.6 Å². The molecule has 0 bridgehead atoms. The van der Waals surface area contributed by atoms with Gasteiger partial charge in [-0.15, -0.1) is 0 Å². The molecule has 1 aromatic heterocycles. The van der Waals surface area contributed by atoms with Crippen molar-refractivity contribution in [1.82, 2.24) is 9.97 Å². The maximum Gasteiger partial charge on any atom is 0.134 e. The van der Waals surface area contributed by atoms with E-state index < -0.39 is 0 Å². The van der Waals surface area contributed by atoms with E-state index in [2.05, 4.69) is 48.3 Å². The maximum absolute atomic E-state index is 5.70. The van der Waals surface area contributed by atoms with Crippen LogP contribution in [0.5, 0.6) is 0 Å². The first-order valence-corrected chi connectivity index (χ1v) is 7.49. The van der Waals surface area contributed by atoms with E-state index >= 15 is 0 Å².